The maximum atomic E-state index is 11.3. The normalized spacial score (nSPS) is 11.5. The van der Waals surface area contributed by atoms with Gasteiger partial charge in [0.25, 0.3) is 5.88 Å². The molecule has 1 aromatic heterocycles. The predicted molar refractivity (Wildman–Crippen MR) is 56.9 cm³/mol. The summed E-state index contributed by atoms with van der Waals surface area (Å²) in [5.41, 5.74) is 0. The van der Waals surface area contributed by atoms with Crippen molar-refractivity contribution in [1.82, 2.24) is 9.94 Å². The van der Waals surface area contributed by atoms with Crippen molar-refractivity contribution >= 4 is 21.6 Å². The van der Waals surface area contributed by atoms with Crippen molar-refractivity contribution in [3.05, 3.63) is 5.15 Å². The summed E-state index contributed by atoms with van der Waals surface area (Å²) in [6.45, 7) is 3.90. The van der Waals surface area contributed by atoms with Crippen LogP contribution in [0.25, 0.3) is 0 Å². The van der Waals surface area contributed by atoms with Gasteiger partial charge in [0.15, 0.2) is 10.0 Å². The molecule has 0 unspecified atom stereocenters. The molecule has 7 nitrogen and oxygen atoms in total. The van der Waals surface area contributed by atoms with Crippen LogP contribution in [0.2, 0.25) is 5.15 Å². The third-order valence-corrected chi connectivity index (χ3v) is 2.93. The van der Waals surface area contributed by atoms with Crippen LogP contribution in [-0.4, -0.2) is 31.6 Å². The summed E-state index contributed by atoms with van der Waals surface area (Å²) in [5.74, 6) is -0.163. The highest BCUT2D eigenvalue weighted by atomic mass is 35.5. The number of nitrogens with two attached hydrogens (primary N) is 1. The second-order valence-corrected chi connectivity index (χ2v) is 4.55. The van der Waals surface area contributed by atoms with Gasteiger partial charge < -0.3 is 9.57 Å². The van der Waals surface area contributed by atoms with E-state index in [2.05, 4.69) is 5.10 Å². The number of sulfonamides is 1. The molecule has 0 saturated heterocycles. The van der Waals surface area contributed by atoms with Gasteiger partial charge in [-0.25, -0.2) is 13.6 Å². The Morgan fingerprint density at radius 1 is 1.44 bits per heavy atom. The number of rotatable bonds is 5. The molecule has 1 aromatic rings. The lowest BCUT2D eigenvalue weighted by atomic mass is 10.7. The van der Waals surface area contributed by atoms with E-state index in [9.17, 15) is 8.42 Å². The zero-order chi connectivity index (χ0) is 12.3. The van der Waals surface area contributed by atoms with Gasteiger partial charge in [-0.2, -0.15) is 0 Å². The van der Waals surface area contributed by atoms with Gasteiger partial charge in [0.05, 0.1) is 6.61 Å². The van der Waals surface area contributed by atoms with E-state index in [0.717, 1.165) is 4.85 Å². The van der Waals surface area contributed by atoms with Crippen molar-refractivity contribution in [3.63, 3.8) is 0 Å². The number of nitrogens with zero attached hydrogens (tertiary/aromatic N) is 2. The number of aromatic nitrogens is 2. The molecule has 0 bridgehead atoms. The fourth-order valence-corrected chi connectivity index (χ4v) is 2.17. The van der Waals surface area contributed by atoms with Crippen LogP contribution in [0, 0.1) is 0 Å². The lowest BCUT2D eigenvalue weighted by Crippen LogP contribution is -2.15. The Hall–Kier alpha value is -0.990. The summed E-state index contributed by atoms with van der Waals surface area (Å²) in [5, 5.41) is 8.50. The number of ether oxygens (including phenoxy) is 1. The molecule has 1 heterocycles. The zero-order valence-electron chi connectivity index (χ0n) is 8.81. The Labute approximate surface area is 98.1 Å². The molecule has 0 spiro atoms. The Balaban J connectivity index is 3.32. The Morgan fingerprint density at radius 2 is 2.06 bits per heavy atom. The van der Waals surface area contributed by atoms with Crippen molar-refractivity contribution in [1.29, 1.82) is 0 Å². The molecular weight excluding hydrogens is 258 g/mol. The largest absolute Gasteiger partial charge is 0.476 e. The van der Waals surface area contributed by atoms with Crippen molar-refractivity contribution in [2.24, 2.45) is 5.14 Å². The molecule has 92 valence electrons. The lowest BCUT2D eigenvalue weighted by Gasteiger charge is -2.01. The van der Waals surface area contributed by atoms with Crippen LogP contribution in [0.3, 0.4) is 0 Å². The standard InChI is InChI=1S/C7H12ClN3O4S/c1-3-14-7-5(16(9,12)13)6(8)11(10-7)15-4-2/h3-4H2,1-2H3,(H2,9,12,13). The van der Waals surface area contributed by atoms with E-state index in [1.807, 2.05) is 0 Å². The van der Waals surface area contributed by atoms with Gasteiger partial charge in [0.1, 0.15) is 6.61 Å². The lowest BCUT2D eigenvalue weighted by molar-refractivity contribution is 0.0896. The van der Waals surface area contributed by atoms with E-state index in [4.69, 9.17) is 26.3 Å². The minimum absolute atomic E-state index is 0.163. The number of hydrogen-bond acceptors (Lipinski definition) is 5. The smallest absolute Gasteiger partial charge is 0.258 e. The fraction of sp³-hybridized carbons (Fsp3) is 0.571. The summed E-state index contributed by atoms with van der Waals surface area (Å²) in [6.07, 6.45) is 0. The minimum atomic E-state index is -4.00. The number of primary sulfonamides is 1. The third-order valence-electron chi connectivity index (χ3n) is 1.55. The maximum Gasteiger partial charge on any atom is 0.258 e. The van der Waals surface area contributed by atoms with Gasteiger partial charge in [-0.15, -0.1) is 0 Å². The molecule has 0 aliphatic carbocycles. The summed E-state index contributed by atoms with van der Waals surface area (Å²) in [4.78, 5) is 5.47. The minimum Gasteiger partial charge on any atom is -0.476 e. The molecule has 0 fully saturated rings. The second kappa shape index (κ2) is 4.89. The van der Waals surface area contributed by atoms with E-state index in [1.165, 1.54) is 0 Å². The van der Waals surface area contributed by atoms with Gasteiger partial charge >= 0.3 is 0 Å². The third kappa shape index (κ3) is 2.57. The van der Waals surface area contributed by atoms with E-state index < -0.39 is 10.0 Å². The van der Waals surface area contributed by atoms with Gasteiger partial charge in [0, 0.05) is 0 Å². The fourth-order valence-electron chi connectivity index (χ4n) is 1.02. The first kappa shape index (κ1) is 13.1. The summed E-state index contributed by atoms with van der Waals surface area (Å²) in [7, 11) is -4.00. The Morgan fingerprint density at radius 3 is 2.50 bits per heavy atom. The first-order chi connectivity index (χ1) is 7.41. The molecule has 16 heavy (non-hydrogen) atoms. The Kier molecular flexibility index (Phi) is 4.00. The molecule has 0 aromatic carbocycles. The summed E-state index contributed by atoms with van der Waals surface area (Å²) < 4.78 is 27.6. The summed E-state index contributed by atoms with van der Waals surface area (Å²) in [6, 6.07) is 0. The average molecular weight is 270 g/mol. The zero-order valence-corrected chi connectivity index (χ0v) is 10.4. The van der Waals surface area contributed by atoms with E-state index in [1.54, 1.807) is 13.8 Å². The van der Waals surface area contributed by atoms with Gasteiger partial charge in [-0.3, -0.25) is 0 Å². The topological polar surface area (TPSA) is 96.4 Å². The second-order valence-electron chi connectivity index (χ2n) is 2.69. The number of halogens is 1. The van der Waals surface area contributed by atoms with Crippen LogP contribution >= 0.6 is 11.6 Å². The maximum absolute atomic E-state index is 11.3. The van der Waals surface area contributed by atoms with E-state index >= 15 is 0 Å². The molecule has 0 aliphatic heterocycles. The highest BCUT2D eigenvalue weighted by Crippen LogP contribution is 2.29. The number of hydrogen-bond donors (Lipinski definition) is 1. The van der Waals surface area contributed by atoms with Crippen molar-refractivity contribution in [2.45, 2.75) is 18.7 Å². The molecular formula is C7H12ClN3O4S. The van der Waals surface area contributed by atoms with Gasteiger partial charge in [-0.1, -0.05) is 21.5 Å². The first-order valence-corrected chi connectivity index (χ1v) is 6.41. The van der Waals surface area contributed by atoms with Crippen LogP contribution in [-0.2, 0) is 10.0 Å². The highest BCUT2D eigenvalue weighted by Gasteiger charge is 2.27. The van der Waals surface area contributed by atoms with Crippen molar-refractivity contribution in [2.75, 3.05) is 13.2 Å². The van der Waals surface area contributed by atoms with Crippen molar-refractivity contribution in [3.8, 4) is 5.88 Å². The molecule has 1 rings (SSSR count). The van der Waals surface area contributed by atoms with E-state index in [-0.39, 0.29) is 29.1 Å². The first-order valence-electron chi connectivity index (χ1n) is 4.49. The Bertz CT molecular complexity index is 470. The van der Waals surface area contributed by atoms with Crippen LogP contribution in [0.15, 0.2) is 4.90 Å². The quantitative estimate of drug-likeness (QED) is 0.813. The molecule has 0 amide bonds. The SMILES string of the molecule is CCOc1nn(OCC)c(Cl)c1S(N)(=O)=O. The van der Waals surface area contributed by atoms with Gasteiger partial charge in [0.2, 0.25) is 10.0 Å². The molecule has 0 saturated carbocycles. The van der Waals surface area contributed by atoms with Crippen LogP contribution in [0.4, 0.5) is 0 Å². The molecule has 0 aliphatic rings. The van der Waals surface area contributed by atoms with Gasteiger partial charge in [-0.05, 0) is 13.8 Å². The monoisotopic (exact) mass is 269 g/mol. The van der Waals surface area contributed by atoms with Crippen LogP contribution < -0.4 is 14.7 Å². The molecule has 0 atom stereocenters. The molecule has 9 heteroatoms. The average Bonchev–Trinajstić information content (AvgIpc) is 2.43. The molecule has 2 N–H and O–H groups in total. The van der Waals surface area contributed by atoms with E-state index in [0.29, 0.717) is 0 Å². The molecule has 0 radical (unpaired) electrons. The van der Waals surface area contributed by atoms with Crippen LogP contribution in [0.1, 0.15) is 13.8 Å². The summed E-state index contributed by atoms with van der Waals surface area (Å²) >= 11 is 5.76. The van der Waals surface area contributed by atoms with Crippen LogP contribution in [0.5, 0.6) is 5.88 Å². The van der Waals surface area contributed by atoms with Crippen molar-refractivity contribution < 1.29 is 18.0 Å². The predicted octanol–water partition coefficient (Wildman–Crippen LogP) is 0.0311. The highest BCUT2D eigenvalue weighted by molar-refractivity contribution is 7.89.